The molecular weight excluding hydrogens is 285 g/mol. The number of halogens is 3. The van der Waals surface area contributed by atoms with Gasteiger partial charge in [-0.2, -0.15) is 13.2 Å². The molecule has 2 unspecified atom stereocenters. The lowest BCUT2D eigenvalue weighted by Crippen LogP contribution is -2.41. The second-order valence-corrected chi connectivity index (χ2v) is 5.47. The second-order valence-electron chi connectivity index (χ2n) is 5.47. The van der Waals surface area contributed by atoms with Crippen molar-refractivity contribution in [2.45, 2.75) is 32.5 Å². The Morgan fingerprint density at radius 2 is 1.76 bits per heavy atom. The SMILES string of the molecule is COC(=O)C(C(C)C)C(C)(O)c1cccc(C(F)(F)F)c1. The van der Waals surface area contributed by atoms with E-state index >= 15 is 0 Å². The van der Waals surface area contributed by atoms with E-state index in [0.717, 1.165) is 12.1 Å². The molecule has 0 bridgehead atoms. The third kappa shape index (κ3) is 3.75. The summed E-state index contributed by atoms with van der Waals surface area (Å²) in [7, 11) is 1.18. The van der Waals surface area contributed by atoms with Crippen LogP contribution in [-0.4, -0.2) is 18.2 Å². The molecule has 0 heterocycles. The summed E-state index contributed by atoms with van der Waals surface area (Å²) in [6.07, 6.45) is -4.51. The average Bonchev–Trinajstić information content (AvgIpc) is 2.37. The number of rotatable bonds is 4. The highest BCUT2D eigenvalue weighted by atomic mass is 19.4. The molecule has 0 saturated carbocycles. The van der Waals surface area contributed by atoms with Crippen LogP contribution in [0, 0.1) is 11.8 Å². The van der Waals surface area contributed by atoms with Gasteiger partial charge in [-0.3, -0.25) is 4.79 Å². The Labute approximate surface area is 121 Å². The van der Waals surface area contributed by atoms with E-state index in [0.29, 0.717) is 0 Å². The van der Waals surface area contributed by atoms with E-state index in [1.54, 1.807) is 13.8 Å². The zero-order chi connectivity index (χ0) is 16.4. The van der Waals surface area contributed by atoms with Gasteiger partial charge >= 0.3 is 12.1 Å². The summed E-state index contributed by atoms with van der Waals surface area (Å²) in [4.78, 5) is 11.9. The van der Waals surface area contributed by atoms with Crippen molar-refractivity contribution in [1.29, 1.82) is 0 Å². The van der Waals surface area contributed by atoms with Crippen molar-refractivity contribution in [2.75, 3.05) is 7.11 Å². The molecule has 0 radical (unpaired) electrons. The largest absolute Gasteiger partial charge is 0.469 e. The van der Waals surface area contributed by atoms with E-state index in [2.05, 4.69) is 4.74 Å². The Balaban J connectivity index is 3.31. The van der Waals surface area contributed by atoms with Gasteiger partial charge in [0.15, 0.2) is 0 Å². The summed E-state index contributed by atoms with van der Waals surface area (Å²) in [5.74, 6) is -1.93. The number of carbonyl (C=O) groups excluding carboxylic acids is 1. The van der Waals surface area contributed by atoms with Crippen molar-refractivity contribution in [1.82, 2.24) is 0 Å². The van der Waals surface area contributed by atoms with Crippen LogP contribution in [0.3, 0.4) is 0 Å². The number of benzene rings is 1. The number of ether oxygens (including phenoxy) is 1. The zero-order valence-corrected chi connectivity index (χ0v) is 12.4. The Bertz CT molecular complexity index is 507. The van der Waals surface area contributed by atoms with Gasteiger partial charge in [-0.15, -0.1) is 0 Å². The van der Waals surface area contributed by atoms with Crippen LogP contribution >= 0.6 is 0 Å². The van der Waals surface area contributed by atoms with E-state index in [4.69, 9.17) is 0 Å². The number of hydrogen-bond donors (Lipinski definition) is 1. The maximum absolute atomic E-state index is 12.8. The lowest BCUT2D eigenvalue weighted by Gasteiger charge is -2.34. The van der Waals surface area contributed by atoms with Crippen LogP contribution in [0.25, 0.3) is 0 Å². The summed E-state index contributed by atoms with van der Waals surface area (Å²) in [5, 5.41) is 10.6. The van der Waals surface area contributed by atoms with E-state index in [1.807, 2.05) is 0 Å². The molecular formula is C15H19F3O3. The number of methoxy groups -OCH3 is 1. The van der Waals surface area contributed by atoms with E-state index in [1.165, 1.54) is 26.2 Å². The highest BCUT2D eigenvalue weighted by Gasteiger charge is 2.42. The Morgan fingerprint density at radius 1 is 1.24 bits per heavy atom. The average molecular weight is 304 g/mol. The van der Waals surface area contributed by atoms with Crippen LogP contribution in [0.5, 0.6) is 0 Å². The van der Waals surface area contributed by atoms with E-state index in [9.17, 15) is 23.1 Å². The molecule has 0 aliphatic carbocycles. The summed E-state index contributed by atoms with van der Waals surface area (Å²) in [6.45, 7) is 4.72. The van der Waals surface area contributed by atoms with E-state index in [-0.39, 0.29) is 11.5 Å². The number of aliphatic hydroxyl groups is 1. The first-order valence-electron chi connectivity index (χ1n) is 6.49. The number of esters is 1. The van der Waals surface area contributed by atoms with Crippen LogP contribution in [0.1, 0.15) is 31.9 Å². The van der Waals surface area contributed by atoms with Gasteiger partial charge in [0.25, 0.3) is 0 Å². The molecule has 3 nitrogen and oxygen atoms in total. The molecule has 21 heavy (non-hydrogen) atoms. The van der Waals surface area contributed by atoms with Gasteiger partial charge in [0, 0.05) is 0 Å². The lowest BCUT2D eigenvalue weighted by molar-refractivity contribution is -0.159. The lowest BCUT2D eigenvalue weighted by atomic mass is 9.76. The molecule has 0 saturated heterocycles. The molecule has 1 rings (SSSR count). The summed E-state index contributed by atoms with van der Waals surface area (Å²) >= 11 is 0. The van der Waals surface area contributed by atoms with Crippen molar-refractivity contribution in [3.63, 3.8) is 0 Å². The highest BCUT2D eigenvalue weighted by Crippen LogP contribution is 2.38. The highest BCUT2D eigenvalue weighted by molar-refractivity contribution is 5.74. The van der Waals surface area contributed by atoms with Crippen molar-refractivity contribution in [3.8, 4) is 0 Å². The summed E-state index contributed by atoms with van der Waals surface area (Å²) in [5.41, 5.74) is -2.60. The molecule has 0 aliphatic heterocycles. The Morgan fingerprint density at radius 3 is 2.19 bits per heavy atom. The standard InChI is InChI=1S/C15H19F3O3/c1-9(2)12(13(19)21-4)14(3,20)10-6-5-7-11(8-10)15(16,17)18/h5-9,12,20H,1-4H3. The molecule has 1 aromatic rings. The Kier molecular flexibility index (Phi) is 5.04. The minimum Gasteiger partial charge on any atom is -0.469 e. The molecule has 1 N–H and O–H groups in total. The molecule has 1 aromatic carbocycles. The Hall–Kier alpha value is -1.56. The first-order chi connectivity index (χ1) is 9.51. The predicted molar refractivity (Wildman–Crippen MR) is 71.4 cm³/mol. The molecule has 118 valence electrons. The molecule has 0 amide bonds. The van der Waals surface area contributed by atoms with Crippen LogP contribution < -0.4 is 0 Å². The third-order valence-electron chi connectivity index (χ3n) is 3.50. The van der Waals surface area contributed by atoms with Gasteiger partial charge in [0.2, 0.25) is 0 Å². The van der Waals surface area contributed by atoms with Crippen LogP contribution in [0.4, 0.5) is 13.2 Å². The number of hydrogen-bond acceptors (Lipinski definition) is 3. The quantitative estimate of drug-likeness (QED) is 0.868. The van der Waals surface area contributed by atoms with Gasteiger partial charge in [0.1, 0.15) is 5.60 Å². The van der Waals surface area contributed by atoms with Crippen molar-refractivity contribution in [2.24, 2.45) is 11.8 Å². The number of carbonyl (C=O) groups is 1. The maximum Gasteiger partial charge on any atom is 0.416 e. The first-order valence-corrected chi connectivity index (χ1v) is 6.49. The topological polar surface area (TPSA) is 46.5 Å². The van der Waals surface area contributed by atoms with Crippen molar-refractivity contribution >= 4 is 5.97 Å². The molecule has 6 heteroatoms. The fourth-order valence-electron chi connectivity index (χ4n) is 2.47. The van der Waals surface area contributed by atoms with Crippen molar-refractivity contribution in [3.05, 3.63) is 35.4 Å². The second kappa shape index (κ2) is 6.05. The number of alkyl halides is 3. The van der Waals surface area contributed by atoms with Crippen molar-refractivity contribution < 1.29 is 27.8 Å². The van der Waals surface area contributed by atoms with Gasteiger partial charge in [-0.25, -0.2) is 0 Å². The van der Waals surface area contributed by atoms with E-state index < -0.39 is 29.2 Å². The van der Waals surface area contributed by atoms with Gasteiger partial charge in [-0.1, -0.05) is 26.0 Å². The third-order valence-corrected chi connectivity index (χ3v) is 3.50. The molecule has 0 spiro atoms. The molecule has 0 aliphatic rings. The van der Waals surface area contributed by atoms with Gasteiger partial charge in [0.05, 0.1) is 18.6 Å². The van der Waals surface area contributed by atoms with Crippen LogP contribution in [0.15, 0.2) is 24.3 Å². The minimum atomic E-state index is -4.51. The summed E-state index contributed by atoms with van der Waals surface area (Å²) in [6, 6.07) is 4.36. The van der Waals surface area contributed by atoms with Gasteiger partial charge < -0.3 is 9.84 Å². The monoisotopic (exact) mass is 304 g/mol. The van der Waals surface area contributed by atoms with Gasteiger partial charge in [-0.05, 0) is 30.5 Å². The zero-order valence-electron chi connectivity index (χ0n) is 12.4. The van der Waals surface area contributed by atoms with Crippen LogP contribution in [-0.2, 0) is 21.3 Å². The minimum absolute atomic E-state index is 0.0291. The van der Waals surface area contributed by atoms with Crippen LogP contribution in [0.2, 0.25) is 0 Å². The normalized spacial score (nSPS) is 16.4. The fraction of sp³-hybridized carbons (Fsp3) is 0.533. The molecule has 0 fully saturated rings. The smallest absolute Gasteiger partial charge is 0.416 e. The molecule has 2 atom stereocenters. The molecule has 0 aromatic heterocycles. The predicted octanol–water partition coefficient (Wildman–Crippen LogP) is 3.36. The maximum atomic E-state index is 12.8. The first kappa shape index (κ1) is 17.5. The summed E-state index contributed by atoms with van der Waals surface area (Å²) < 4.78 is 43.0. The fourth-order valence-corrected chi connectivity index (χ4v) is 2.47.